The maximum absolute atomic E-state index is 11.6. The zero-order valence-corrected chi connectivity index (χ0v) is 18.3. The Morgan fingerprint density at radius 1 is 1.04 bits per heavy atom. The lowest BCUT2D eigenvalue weighted by Gasteiger charge is -2.06. The van der Waals surface area contributed by atoms with Gasteiger partial charge in [0.1, 0.15) is 0 Å². The summed E-state index contributed by atoms with van der Waals surface area (Å²) in [4.78, 5) is 23.2. The SMILES string of the molecule is C=S1NC(CCCCCC/C=C\CCCCNC(=O)C(=O)CCCCC)NO1. The van der Waals surface area contributed by atoms with E-state index >= 15 is 0 Å². The van der Waals surface area contributed by atoms with E-state index < -0.39 is 5.91 Å². The summed E-state index contributed by atoms with van der Waals surface area (Å²) in [5.41, 5.74) is 2.96. The van der Waals surface area contributed by atoms with Crippen LogP contribution >= 0.6 is 11.0 Å². The molecule has 0 aromatic heterocycles. The van der Waals surface area contributed by atoms with Crippen molar-refractivity contribution >= 4 is 28.5 Å². The number of nitrogens with one attached hydrogen (secondary N) is 3. The first-order valence-corrected chi connectivity index (χ1v) is 12.1. The number of ketones is 1. The number of hydrogen-bond donors (Lipinski definition) is 3. The summed E-state index contributed by atoms with van der Waals surface area (Å²) in [6.45, 7) is 2.68. The number of hydroxylamine groups is 1. The average molecular weight is 414 g/mol. The largest absolute Gasteiger partial charge is 0.350 e. The number of carbonyl (C=O) groups is 2. The van der Waals surface area contributed by atoms with Gasteiger partial charge in [0, 0.05) is 23.9 Å². The Balaban J connectivity index is 1.83. The van der Waals surface area contributed by atoms with Crippen molar-refractivity contribution in [1.29, 1.82) is 0 Å². The van der Waals surface area contributed by atoms with Crippen LogP contribution in [0, 0.1) is 0 Å². The topological polar surface area (TPSA) is 79.5 Å². The summed E-state index contributed by atoms with van der Waals surface area (Å²) in [5.74, 6) is 3.13. The van der Waals surface area contributed by atoms with Crippen molar-refractivity contribution in [2.45, 2.75) is 96.6 Å². The molecule has 0 aromatic carbocycles. The van der Waals surface area contributed by atoms with Gasteiger partial charge in [0.15, 0.2) is 0 Å². The number of rotatable bonds is 17. The van der Waals surface area contributed by atoms with Crippen LogP contribution in [0.1, 0.15) is 90.4 Å². The fourth-order valence-corrected chi connectivity index (χ4v) is 3.74. The molecule has 1 aliphatic rings. The molecular weight excluding hydrogens is 374 g/mol. The van der Waals surface area contributed by atoms with E-state index in [-0.39, 0.29) is 22.9 Å². The number of hydrogen-bond acceptors (Lipinski definition) is 5. The Labute approximate surface area is 173 Å². The molecule has 6 nitrogen and oxygen atoms in total. The van der Waals surface area contributed by atoms with Crippen molar-refractivity contribution in [1.82, 2.24) is 15.5 Å². The van der Waals surface area contributed by atoms with Gasteiger partial charge < -0.3 is 5.32 Å². The van der Waals surface area contributed by atoms with Crippen molar-refractivity contribution < 1.29 is 13.9 Å². The van der Waals surface area contributed by atoms with Gasteiger partial charge in [-0.15, -0.1) is 0 Å². The molecule has 0 spiro atoms. The van der Waals surface area contributed by atoms with Crippen LogP contribution in [0.4, 0.5) is 0 Å². The van der Waals surface area contributed by atoms with E-state index in [1.165, 1.54) is 25.7 Å². The van der Waals surface area contributed by atoms with Gasteiger partial charge in [-0.25, -0.2) is 9.01 Å². The number of amides is 1. The second-order valence-corrected chi connectivity index (χ2v) is 8.41. The molecule has 0 saturated carbocycles. The van der Waals surface area contributed by atoms with Crippen LogP contribution in [-0.2, 0) is 13.9 Å². The Morgan fingerprint density at radius 2 is 1.75 bits per heavy atom. The van der Waals surface area contributed by atoms with Gasteiger partial charge in [-0.2, -0.15) is 5.48 Å². The molecule has 1 amide bonds. The maximum Gasteiger partial charge on any atom is 0.287 e. The van der Waals surface area contributed by atoms with Crippen LogP contribution in [-0.4, -0.2) is 30.3 Å². The van der Waals surface area contributed by atoms with E-state index in [0.29, 0.717) is 13.0 Å². The highest BCUT2D eigenvalue weighted by molar-refractivity contribution is 8.08. The molecule has 3 N–H and O–H groups in total. The third-order valence-electron chi connectivity index (χ3n) is 4.69. The maximum atomic E-state index is 11.6. The Hall–Kier alpha value is -1.02. The summed E-state index contributed by atoms with van der Waals surface area (Å²) in [6, 6.07) is 0. The molecule has 2 atom stereocenters. The molecule has 1 aliphatic heterocycles. The van der Waals surface area contributed by atoms with Crippen molar-refractivity contribution in [3.8, 4) is 0 Å². The zero-order valence-electron chi connectivity index (χ0n) is 17.5. The van der Waals surface area contributed by atoms with Gasteiger partial charge in [-0.1, -0.05) is 51.2 Å². The smallest absolute Gasteiger partial charge is 0.287 e. The Morgan fingerprint density at radius 3 is 2.43 bits per heavy atom. The first-order chi connectivity index (χ1) is 13.6. The van der Waals surface area contributed by atoms with Gasteiger partial charge in [0.05, 0.1) is 6.17 Å². The van der Waals surface area contributed by atoms with E-state index in [4.69, 9.17) is 4.28 Å². The lowest BCUT2D eigenvalue weighted by molar-refractivity contribution is -0.138. The Bertz CT molecular complexity index is 497. The van der Waals surface area contributed by atoms with Crippen LogP contribution in [0.3, 0.4) is 0 Å². The minimum absolute atomic E-state index is 0.254. The first-order valence-electron chi connectivity index (χ1n) is 10.8. The molecule has 7 heteroatoms. The summed E-state index contributed by atoms with van der Waals surface area (Å²) < 4.78 is 8.42. The summed E-state index contributed by atoms with van der Waals surface area (Å²) in [5, 5.41) is 2.73. The average Bonchev–Trinajstić information content (AvgIpc) is 3.10. The molecule has 1 heterocycles. The molecule has 2 unspecified atom stereocenters. The standard InChI is InChI=1S/C21H39N3O3S/c1-3-4-13-16-19(25)21(26)22-18-15-12-10-8-6-5-7-9-11-14-17-20-23-27-28(2)24-20/h6,8,20,23-24H,2-5,7,9-18H2,1H3,(H,22,26)/b8-6-. The summed E-state index contributed by atoms with van der Waals surface area (Å²) in [6.07, 6.45) is 18.1. The lowest BCUT2D eigenvalue weighted by Crippen LogP contribution is -2.31. The van der Waals surface area contributed by atoms with Crippen LogP contribution in [0.2, 0.25) is 0 Å². The van der Waals surface area contributed by atoms with E-state index in [1.54, 1.807) is 0 Å². The van der Waals surface area contributed by atoms with Gasteiger partial charge in [-0.05, 0) is 50.8 Å². The minimum atomic E-state index is -0.412. The van der Waals surface area contributed by atoms with Crippen molar-refractivity contribution in [3.05, 3.63) is 12.2 Å². The predicted molar refractivity (Wildman–Crippen MR) is 119 cm³/mol. The molecule has 0 radical (unpaired) electrons. The summed E-state index contributed by atoms with van der Waals surface area (Å²) >= 11 is 0. The number of allylic oxidation sites excluding steroid dienone is 2. The number of unbranched alkanes of at least 4 members (excludes halogenated alkanes) is 8. The van der Waals surface area contributed by atoms with Crippen LogP contribution in [0.25, 0.3) is 0 Å². The van der Waals surface area contributed by atoms with Crippen molar-refractivity contribution in [2.75, 3.05) is 6.54 Å². The quantitative estimate of drug-likeness (QED) is 0.143. The molecule has 1 saturated heterocycles. The van der Waals surface area contributed by atoms with Crippen molar-refractivity contribution in [3.63, 3.8) is 0 Å². The molecule has 1 fully saturated rings. The predicted octanol–water partition coefficient (Wildman–Crippen LogP) is 4.30. The highest BCUT2D eigenvalue weighted by atomic mass is 32.2. The van der Waals surface area contributed by atoms with Gasteiger partial charge in [0.25, 0.3) is 5.91 Å². The van der Waals surface area contributed by atoms with E-state index in [2.05, 4.69) is 40.5 Å². The van der Waals surface area contributed by atoms with Crippen LogP contribution in [0.15, 0.2) is 12.2 Å². The van der Waals surface area contributed by atoms with E-state index in [9.17, 15) is 9.59 Å². The first kappa shape index (κ1) is 25.0. The number of carbonyl (C=O) groups excluding carboxylic acids is 2. The summed E-state index contributed by atoms with van der Waals surface area (Å²) in [7, 11) is -0.381. The highest BCUT2D eigenvalue weighted by Crippen LogP contribution is 2.16. The minimum Gasteiger partial charge on any atom is -0.350 e. The normalized spacial score (nSPS) is 19.3. The highest BCUT2D eigenvalue weighted by Gasteiger charge is 2.15. The number of Topliss-reactive ketones (excluding diaryl/α,β-unsaturated/α-hetero) is 1. The molecule has 1 rings (SSSR count). The third-order valence-corrected chi connectivity index (χ3v) is 5.53. The third kappa shape index (κ3) is 13.2. The second kappa shape index (κ2) is 16.9. The van der Waals surface area contributed by atoms with Gasteiger partial charge >= 0.3 is 0 Å². The van der Waals surface area contributed by atoms with Crippen LogP contribution < -0.4 is 15.5 Å². The fraction of sp³-hybridized carbons (Fsp3) is 0.762. The van der Waals surface area contributed by atoms with Gasteiger partial charge in [-0.3, -0.25) is 9.59 Å². The molecule has 0 aromatic rings. The van der Waals surface area contributed by atoms with E-state index in [0.717, 1.165) is 51.4 Å². The zero-order chi connectivity index (χ0) is 20.5. The lowest BCUT2D eigenvalue weighted by atomic mass is 10.1. The fourth-order valence-electron chi connectivity index (χ4n) is 2.98. The molecule has 0 bridgehead atoms. The Kier molecular flexibility index (Phi) is 15.1. The molecule has 28 heavy (non-hydrogen) atoms. The monoisotopic (exact) mass is 413 g/mol. The second-order valence-electron chi connectivity index (χ2n) is 7.31. The molecule has 162 valence electrons. The van der Waals surface area contributed by atoms with Gasteiger partial charge in [0.2, 0.25) is 5.78 Å². The molecule has 0 aliphatic carbocycles. The van der Waals surface area contributed by atoms with Crippen LogP contribution in [0.5, 0.6) is 0 Å². The molecular formula is C21H39N3O3S. The van der Waals surface area contributed by atoms with E-state index in [1.807, 2.05) is 0 Å². The van der Waals surface area contributed by atoms with Crippen molar-refractivity contribution in [2.24, 2.45) is 0 Å².